The maximum atomic E-state index is 11.9. The number of nitrogens with zero attached hydrogens (tertiary/aromatic N) is 1. The molecular formula is C9H11F3N2O. The van der Waals surface area contributed by atoms with Crippen molar-refractivity contribution in [3.8, 4) is 5.75 Å². The topological polar surface area (TPSA) is 48.1 Å². The first-order chi connectivity index (χ1) is 6.92. The number of ether oxygens (including phenoxy) is 1. The summed E-state index contributed by atoms with van der Waals surface area (Å²) in [6.07, 6.45) is -2.93. The summed E-state index contributed by atoms with van der Waals surface area (Å²) in [4.78, 5) is 3.91. The van der Waals surface area contributed by atoms with E-state index in [2.05, 4.69) is 9.72 Å². The second kappa shape index (κ2) is 4.48. The standard InChI is InChI=1S/C9H11F3N2O/c1-6-2-8(7(3-13)4-14-6)15-5-9(10,11)12/h2,4H,3,5,13H2,1H3. The summed E-state index contributed by atoms with van der Waals surface area (Å²) in [6, 6.07) is 1.44. The van der Waals surface area contributed by atoms with Crippen molar-refractivity contribution in [2.45, 2.75) is 19.6 Å². The molecule has 0 spiro atoms. The quantitative estimate of drug-likeness (QED) is 0.844. The molecule has 0 saturated heterocycles. The molecule has 0 saturated carbocycles. The van der Waals surface area contributed by atoms with E-state index in [1.165, 1.54) is 12.3 Å². The van der Waals surface area contributed by atoms with Gasteiger partial charge in [-0.15, -0.1) is 0 Å². The van der Waals surface area contributed by atoms with E-state index in [-0.39, 0.29) is 12.3 Å². The zero-order valence-electron chi connectivity index (χ0n) is 8.14. The van der Waals surface area contributed by atoms with Gasteiger partial charge in [0.05, 0.1) is 0 Å². The van der Waals surface area contributed by atoms with Crippen molar-refractivity contribution >= 4 is 0 Å². The number of hydrogen-bond donors (Lipinski definition) is 1. The van der Waals surface area contributed by atoms with E-state index in [0.717, 1.165) is 0 Å². The van der Waals surface area contributed by atoms with Crippen LogP contribution in [0.5, 0.6) is 5.75 Å². The van der Waals surface area contributed by atoms with Crippen molar-refractivity contribution in [2.75, 3.05) is 6.61 Å². The van der Waals surface area contributed by atoms with Crippen LogP contribution in [0.25, 0.3) is 0 Å². The first kappa shape index (κ1) is 11.8. The molecule has 0 radical (unpaired) electrons. The van der Waals surface area contributed by atoms with Gasteiger partial charge >= 0.3 is 6.18 Å². The monoisotopic (exact) mass is 220 g/mol. The van der Waals surface area contributed by atoms with Crippen molar-refractivity contribution in [1.29, 1.82) is 0 Å². The molecule has 84 valence electrons. The van der Waals surface area contributed by atoms with Crippen LogP contribution in [0, 0.1) is 6.92 Å². The Morgan fingerprint density at radius 3 is 2.67 bits per heavy atom. The Bertz CT molecular complexity index is 339. The van der Waals surface area contributed by atoms with Crippen LogP contribution in [0.1, 0.15) is 11.3 Å². The molecule has 1 rings (SSSR count). The molecule has 6 heteroatoms. The molecule has 0 aliphatic heterocycles. The first-order valence-corrected chi connectivity index (χ1v) is 4.27. The van der Waals surface area contributed by atoms with Crippen LogP contribution in [-0.4, -0.2) is 17.8 Å². The number of aryl methyl sites for hydroxylation is 1. The van der Waals surface area contributed by atoms with Gasteiger partial charge in [0.25, 0.3) is 0 Å². The molecular weight excluding hydrogens is 209 g/mol. The van der Waals surface area contributed by atoms with E-state index in [4.69, 9.17) is 5.73 Å². The van der Waals surface area contributed by atoms with Crippen LogP contribution in [0.3, 0.4) is 0 Å². The molecule has 0 atom stereocenters. The van der Waals surface area contributed by atoms with Gasteiger partial charge in [-0.05, 0) is 6.92 Å². The van der Waals surface area contributed by atoms with Crippen molar-refractivity contribution in [3.05, 3.63) is 23.5 Å². The molecule has 15 heavy (non-hydrogen) atoms. The molecule has 0 bridgehead atoms. The highest BCUT2D eigenvalue weighted by atomic mass is 19.4. The Balaban J connectivity index is 2.79. The zero-order chi connectivity index (χ0) is 11.5. The molecule has 0 unspecified atom stereocenters. The molecule has 0 fully saturated rings. The normalized spacial score (nSPS) is 11.5. The number of alkyl halides is 3. The fourth-order valence-electron chi connectivity index (χ4n) is 1.01. The van der Waals surface area contributed by atoms with Gasteiger partial charge < -0.3 is 10.5 Å². The Morgan fingerprint density at radius 1 is 1.47 bits per heavy atom. The average molecular weight is 220 g/mol. The molecule has 1 aromatic heterocycles. The molecule has 3 nitrogen and oxygen atoms in total. The van der Waals surface area contributed by atoms with Crippen LogP contribution >= 0.6 is 0 Å². The summed E-state index contributed by atoms with van der Waals surface area (Å²) in [5.41, 5.74) is 6.39. The number of aromatic nitrogens is 1. The van der Waals surface area contributed by atoms with E-state index in [9.17, 15) is 13.2 Å². The predicted octanol–water partition coefficient (Wildman–Crippen LogP) is 1.79. The van der Waals surface area contributed by atoms with Crippen molar-refractivity contribution in [1.82, 2.24) is 4.98 Å². The van der Waals surface area contributed by atoms with Gasteiger partial charge in [-0.25, -0.2) is 0 Å². The fourth-order valence-corrected chi connectivity index (χ4v) is 1.01. The average Bonchev–Trinajstić information content (AvgIpc) is 2.14. The minimum absolute atomic E-state index is 0.0977. The van der Waals surface area contributed by atoms with Gasteiger partial charge in [-0.2, -0.15) is 13.2 Å². The number of halogens is 3. The smallest absolute Gasteiger partial charge is 0.422 e. The van der Waals surface area contributed by atoms with Crippen molar-refractivity contribution < 1.29 is 17.9 Å². The van der Waals surface area contributed by atoms with E-state index in [1.54, 1.807) is 6.92 Å². The molecule has 0 amide bonds. The van der Waals surface area contributed by atoms with E-state index >= 15 is 0 Å². The number of pyridine rings is 1. The summed E-state index contributed by atoms with van der Waals surface area (Å²) in [6.45, 7) is 0.449. The summed E-state index contributed by atoms with van der Waals surface area (Å²) in [5, 5.41) is 0. The summed E-state index contributed by atoms with van der Waals surface area (Å²) in [7, 11) is 0. The molecule has 0 aliphatic rings. The van der Waals surface area contributed by atoms with E-state index in [1.807, 2.05) is 0 Å². The molecule has 1 heterocycles. The lowest BCUT2D eigenvalue weighted by Gasteiger charge is -2.12. The Kier molecular flexibility index (Phi) is 3.52. The number of rotatable bonds is 3. The second-order valence-electron chi connectivity index (χ2n) is 3.04. The van der Waals surface area contributed by atoms with Gasteiger partial charge in [-0.1, -0.05) is 0 Å². The predicted molar refractivity (Wildman–Crippen MR) is 48.4 cm³/mol. The summed E-state index contributed by atoms with van der Waals surface area (Å²) < 4.78 is 40.3. The zero-order valence-corrected chi connectivity index (χ0v) is 8.14. The van der Waals surface area contributed by atoms with Crippen LogP contribution in [0.4, 0.5) is 13.2 Å². The third-order valence-electron chi connectivity index (χ3n) is 1.69. The highest BCUT2D eigenvalue weighted by Gasteiger charge is 2.28. The minimum atomic E-state index is -4.34. The minimum Gasteiger partial charge on any atom is -0.484 e. The summed E-state index contributed by atoms with van der Waals surface area (Å²) in [5.74, 6) is 0.141. The molecule has 2 N–H and O–H groups in total. The Morgan fingerprint density at radius 2 is 2.13 bits per heavy atom. The summed E-state index contributed by atoms with van der Waals surface area (Å²) >= 11 is 0. The van der Waals surface area contributed by atoms with Gasteiger partial charge in [0.15, 0.2) is 6.61 Å². The van der Waals surface area contributed by atoms with E-state index < -0.39 is 12.8 Å². The third kappa shape index (κ3) is 3.75. The number of hydrogen-bond acceptors (Lipinski definition) is 3. The Hall–Kier alpha value is -1.30. The maximum absolute atomic E-state index is 11.9. The van der Waals surface area contributed by atoms with Gasteiger partial charge in [0.1, 0.15) is 5.75 Å². The van der Waals surface area contributed by atoms with Gasteiger partial charge in [0, 0.05) is 30.1 Å². The van der Waals surface area contributed by atoms with Crippen LogP contribution in [0.2, 0.25) is 0 Å². The molecule has 1 aromatic rings. The second-order valence-corrected chi connectivity index (χ2v) is 3.04. The van der Waals surface area contributed by atoms with Crippen molar-refractivity contribution in [2.24, 2.45) is 5.73 Å². The lowest BCUT2D eigenvalue weighted by Crippen LogP contribution is -2.20. The third-order valence-corrected chi connectivity index (χ3v) is 1.69. The lowest BCUT2D eigenvalue weighted by molar-refractivity contribution is -0.153. The largest absolute Gasteiger partial charge is 0.484 e. The highest BCUT2D eigenvalue weighted by Crippen LogP contribution is 2.22. The Labute approximate surface area is 85.1 Å². The number of nitrogens with two attached hydrogens (primary N) is 1. The van der Waals surface area contributed by atoms with Crippen LogP contribution in [0.15, 0.2) is 12.3 Å². The van der Waals surface area contributed by atoms with Crippen molar-refractivity contribution in [3.63, 3.8) is 0 Å². The van der Waals surface area contributed by atoms with Gasteiger partial charge in [0.2, 0.25) is 0 Å². The molecule has 0 aromatic carbocycles. The fraction of sp³-hybridized carbons (Fsp3) is 0.444. The lowest BCUT2D eigenvalue weighted by atomic mass is 10.2. The maximum Gasteiger partial charge on any atom is 0.422 e. The van der Waals surface area contributed by atoms with Crippen LogP contribution < -0.4 is 10.5 Å². The van der Waals surface area contributed by atoms with Crippen LogP contribution in [-0.2, 0) is 6.54 Å². The highest BCUT2D eigenvalue weighted by molar-refractivity contribution is 5.32. The van der Waals surface area contributed by atoms with Gasteiger partial charge in [-0.3, -0.25) is 4.98 Å². The SMILES string of the molecule is Cc1cc(OCC(F)(F)F)c(CN)cn1. The first-order valence-electron chi connectivity index (χ1n) is 4.27. The molecule has 0 aliphatic carbocycles. The van der Waals surface area contributed by atoms with E-state index in [0.29, 0.717) is 11.3 Å².